The van der Waals surface area contributed by atoms with E-state index in [-0.39, 0.29) is 6.61 Å². The van der Waals surface area contributed by atoms with Crippen molar-refractivity contribution in [2.45, 2.75) is 18.8 Å². The molecule has 0 bridgehead atoms. The maximum absolute atomic E-state index is 8.65. The Bertz CT molecular complexity index is 304. The Balaban J connectivity index is 1.95. The number of piperidine rings is 1. The quantitative estimate of drug-likeness (QED) is 0.810. The van der Waals surface area contributed by atoms with Crippen LogP contribution in [0.4, 0.5) is 0 Å². The zero-order valence-electron chi connectivity index (χ0n) is 9.48. The van der Waals surface area contributed by atoms with Gasteiger partial charge in [0.25, 0.3) is 0 Å². The molecule has 1 atom stereocenters. The molecule has 88 valence electrons. The van der Waals surface area contributed by atoms with Gasteiger partial charge in [-0.25, -0.2) is 0 Å². The summed E-state index contributed by atoms with van der Waals surface area (Å²) in [4.78, 5) is 0. The van der Waals surface area contributed by atoms with Gasteiger partial charge in [0.2, 0.25) is 0 Å². The number of aliphatic hydroxyl groups is 1. The van der Waals surface area contributed by atoms with Gasteiger partial charge in [-0.3, -0.25) is 0 Å². The highest BCUT2D eigenvalue weighted by Crippen LogP contribution is 2.24. The lowest BCUT2D eigenvalue weighted by molar-refractivity contribution is 0.201. The Kier molecular flexibility index (Phi) is 4.19. The van der Waals surface area contributed by atoms with E-state index in [1.807, 2.05) is 12.1 Å². The van der Waals surface area contributed by atoms with Crippen LogP contribution in [-0.2, 0) is 0 Å². The molecule has 3 nitrogen and oxygen atoms in total. The second kappa shape index (κ2) is 5.87. The molecule has 16 heavy (non-hydrogen) atoms. The third-order valence-corrected chi connectivity index (χ3v) is 3.01. The topological polar surface area (TPSA) is 41.5 Å². The molecule has 1 fully saturated rings. The van der Waals surface area contributed by atoms with E-state index in [9.17, 15) is 0 Å². The second-order valence-corrected chi connectivity index (χ2v) is 4.18. The van der Waals surface area contributed by atoms with Crippen LogP contribution in [0.25, 0.3) is 0 Å². The highest BCUT2D eigenvalue weighted by Gasteiger charge is 2.14. The summed E-state index contributed by atoms with van der Waals surface area (Å²) in [6, 6.07) is 8.23. The lowest BCUT2D eigenvalue weighted by Gasteiger charge is -2.23. The van der Waals surface area contributed by atoms with Crippen molar-refractivity contribution >= 4 is 0 Å². The van der Waals surface area contributed by atoms with Crippen molar-refractivity contribution in [3.05, 3.63) is 29.8 Å². The number of hydrogen-bond acceptors (Lipinski definition) is 3. The average Bonchev–Trinajstić information content (AvgIpc) is 2.38. The van der Waals surface area contributed by atoms with Crippen LogP contribution in [0.3, 0.4) is 0 Å². The van der Waals surface area contributed by atoms with E-state index in [0.29, 0.717) is 12.5 Å². The summed E-state index contributed by atoms with van der Waals surface area (Å²) >= 11 is 0. The molecule has 0 amide bonds. The Morgan fingerprint density at radius 1 is 1.31 bits per heavy atom. The number of hydrogen-bond donors (Lipinski definition) is 2. The number of ether oxygens (including phenoxy) is 1. The van der Waals surface area contributed by atoms with E-state index >= 15 is 0 Å². The van der Waals surface area contributed by atoms with Crippen LogP contribution in [0.1, 0.15) is 24.3 Å². The molecule has 1 unspecified atom stereocenters. The van der Waals surface area contributed by atoms with Gasteiger partial charge >= 0.3 is 0 Å². The van der Waals surface area contributed by atoms with Crippen LogP contribution in [-0.4, -0.2) is 31.4 Å². The average molecular weight is 221 g/mol. The third-order valence-electron chi connectivity index (χ3n) is 3.01. The number of rotatable bonds is 4. The van der Waals surface area contributed by atoms with Gasteiger partial charge in [-0.15, -0.1) is 0 Å². The summed E-state index contributed by atoms with van der Waals surface area (Å²) in [5, 5.41) is 12.1. The van der Waals surface area contributed by atoms with Crippen molar-refractivity contribution in [1.29, 1.82) is 0 Å². The van der Waals surface area contributed by atoms with Crippen molar-refractivity contribution in [3.8, 4) is 5.75 Å². The van der Waals surface area contributed by atoms with Crippen molar-refractivity contribution in [1.82, 2.24) is 5.32 Å². The number of nitrogens with one attached hydrogen (secondary N) is 1. The predicted molar refractivity (Wildman–Crippen MR) is 63.9 cm³/mol. The van der Waals surface area contributed by atoms with Gasteiger partial charge in [-0.2, -0.15) is 0 Å². The molecule has 2 N–H and O–H groups in total. The molecule has 3 heteroatoms. The largest absolute Gasteiger partial charge is 0.491 e. The van der Waals surface area contributed by atoms with E-state index in [1.54, 1.807) is 0 Å². The van der Waals surface area contributed by atoms with E-state index in [2.05, 4.69) is 17.4 Å². The second-order valence-electron chi connectivity index (χ2n) is 4.18. The number of aliphatic hydroxyl groups excluding tert-OH is 1. The lowest BCUT2D eigenvalue weighted by Crippen LogP contribution is -2.28. The summed E-state index contributed by atoms with van der Waals surface area (Å²) in [7, 11) is 0. The number of benzene rings is 1. The maximum atomic E-state index is 8.65. The van der Waals surface area contributed by atoms with Crippen molar-refractivity contribution in [3.63, 3.8) is 0 Å². The van der Waals surface area contributed by atoms with E-state index in [1.165, 1.54) is 18.4 Å². The summed E-state index contributed by atoms with van der Waals surface area (Å²) < 4.78 is 5.33. The summed E-state index contributed by atoms with van der Waals surface area (Å²) in [5.74, 6) is 1.47. The predicted octanol–water partition coefficient (Wildman–Crippen LogP) is 1.52. The maximum Gasteiger partial charge on any atom is 0.119 e. The van der Waals surface area contributed by atoms with Crippen LogP contribution in [0.15, 0.2) is 24.3 Å². The zero-order chi connectivity index (χ0) is 11.2. The molecular weight excluding hydrogens is 202 g/mol. The van der Waals surface area contributed by atoms with Crippen LogP contribution < -0.4 is 10.1 Å². The highest BCUT2D eigenvalue weighted by atomic mass is 16.5. The van der Waals surface area contributed by atoms with E-state index < -0.39 is 0 Å². The molecule has 1 heterocycles. The smallest absolute Gasteiger partial charge is 0.119 e. The highest BCUT2D eigenvalue weighted by molar-refractivity contribution is 5.29. The fourth-order valence-corrected chi connectivity index (χ4v) is 2.14. The molecule has 1 aliphatic rings. The van der Waals surface area contributed by atoms with Crippen LogP contribution in [0.5, 0.6) is 5.75 Å². The molecule has 1 aliphatic heterocycles. The van der Waals surface area contributed by atoms with Crippen LogP contribution in [0, 0.1) is 0 Å². The van der Waals surface area contributed by atoms with E-state index in [4.69, 9.17) is 9.84 Å². The van der Waals surface area contributed by atoms with Gasteiger partial charge in [-0.05, 0) is 43.0 Å². The van der Waals surface area contributed by atoms with Crippen LogP contribution >= 0.6 is 0 Å². The first-order chi connectivity index (χ1) is 7.90. The first kappa shape index (κ1) is 11.4. The van der Waals surface area contributed by atoms with Gasteiger partial charge < -0.3 is 15.2 Å². The van der Waals surface area contributed by atoms with Crippen molar-refractivity contribution < 1.29 is 9.84 Å². The third kappa shape index (κ3) is 2.97. The Morgan fingerprint density at radius 3 is 2.75 bits per heavy atom. The first-order valence-electron chi connectivity index (χ1n) is 5.94. The SMILES string of the molecule is OCCOc1ccc(C2CCCNC2)cc1. The molecule has 2 rings (SSSR count). The van der Waals surface area contributed by atoms with Gasteiger partial charge in [0.1, 0.15) is 12.4 Å². The fourth-order valence-electron chi connectivity index (χ4n) is 2.14. The molecule has 0 aromatic heterocycles. The Hall–Kier alpha value is -1.06. The molecule has 0 spiro atoms. The minimum Gasteiger partial charge on any atom is -0.491 e. The normalized spacial score (nSPS) is 20.7. The van der Waals surface area contributed by atoms with Gasteiger partial charge in [0.15, 0.2) is 0 Å². The monoisotopic (exact) mass is 221 g/mol. The first-order valence-corrected chi connectivity index (χ1v) is 5.94. The summed E-state index contributed by atoms with van der Waals surface area (Å²) in [6.45, 7) is 2.66. The Labute approximate surface area is 96.4 Å². The summed E-state index contributed by atoms with van der Waals surface area (Å²) in [5.41, 5.74) is 1.38. The molecule has 1 saturated heterocycles. The minimum absolute atomic E-state index is 0.0638. The van der Waals surface area contributed by atoms with E-state index in [0.717, 1.165) is 18.8 Å². The lowest BCUT2D eigenvalue weighted by atomic mass is 9.92. The molecule has 1 aromatic rings. The van der Waals surface area contributed by atoms with Crippen molar-refractivity contribution in [2.75, 3.05) is 26.3 Å². The zero-order valence-corrected chi connectivity index (χ0v) is 9.48. The van der Waals surface area contributed by atoms with Gasteiger partial charge in [0, 0.05) is 6.54 Å². The summed E-state index contributed by atoms with van der Waals surface area (Å²) in [6.07, 6.45) is 2.53. The molecule has 0 aliphatic carbocycles. The Morgan fingerprint density at radius 2 is 2.12 bits per heavy atom. The molecular formula is C13H19NO2. The fraction of sp³-hybridized carbons (Fsp3) is 0.538. The van der Waals surface area contributed by atoms with Gasteiger partial charge in [0.05, 0.1) is 6.61 Å². The standard InChI is InChI=1S/C13H19NO2/c15-8-9-16-13-5-3-11(4-6-13)12-2-1-7-14-10-12/h3-6,12,14-15H,1-2,7-10H2. The van der Waals surface area contributed by atoms with Crippen LogP contribution in [0.2, 0.25) is 0 Å². The molecule has 0 saturated carbocycles. The van der Waals surface area contributed by atoms with Crippen molar-refractivity contribution in [2.24, 2.45) is 0 Å². The molecule has 0 radical (unpaired) electrons. The van der Waals surface area contributed by atoms with Gasteiger partial charge in [-0.1, -0.05) is 12.1 Å². The molecule has 1 aromatic carbocycles. The minimum atomic E-state index is 0.0638.